The molecule has 0 saturated heterocycles. The van der Waals surface area contributed by atoms with Crippen LogP contribution in [0, 0.1) is 0 Å². The fourth-order valence-corrected chi connectivity index (χ4v) is 1.73. The first-order valence-electron chi connectivity index (χ1n) is 5.60. The zero-order chi connectivity index (χ0) is 12.8. The summed E-state index contributed by atoms with van der Waals surface area (Å²) in [4.78, 5) is 4.26. The summed E-state index contributed by atoms with van der Waals surface area (Å²) >= 11 is 5.89. The first-order chi connectivity index (χ1) is 8.74. The van der Waals surface area contributed by atoms with Crippen LogP contribution in [0.3, 0.4) is 0 Å². The highest BCUT2D eigenvalue weighted by molar-refractivity contribution is 14.0. The summed E-state index contributed by atoms with van der Waals surface area (Å²) in [7, 11) is 0. The number of guanidine groups is 1. The molecule has 2 rings (SSSR count). The van der Waals surface area contributed by atoms with E-state index < -0.39 is 0 Å². The Morgan fingerprint density at radius 2 is 1.84 bits per heavy atom. The van der Waals surface area contributed by atoms with Gasteiger partial charge in [0.2, 0.25) is 0 Å². The van der Waals surface area contributed by atoms with Gasteiger partial charge in [-0.1, -0.05) is 41.9 Å². The summed E-state index contributed by atoms with van der Waals surface area (Å²) in [6.07, 6.45) is 0. The van der Waals surface area contributed by atoms with Crippen molar-refractivity contribution < 1.29 is 0 Å². The van der Waals surface area contributed by atoms with Crippen LogP contribution in [-0.4, -0.2) is 5.96 Å². The van der Waals surface area contributed by atoms with Crippen molar-refractivity contribution in [2.45, 2.75) is 6.54 Å². The summed E-state index contributed by atoms with van der Waals surface area (Å²) < 4.78 is 0. The molecule has 5 heteroatoms. The fraction of sp³-hybridized carbons (Fsp3) is 0.0714. The molecule has 2 aromatic rings. The lowest BCUT2D eigenvalue weighted by atomic mass is 10.2. The van der Waals surface area contributed by atoms with E-state index in [1.54, 1.807) is 0 Å². The Hall–Kier alpha value is -1.27. The van der Waals surface area contributed by atoms with Gasteiger partial charge >= 0.3 is 0 Å². The lowest BCUT2D eigenvalue weighted by molar-refractivity contribution is 1.06. The van der Waals surface area contributed by atoms with Crippen LogP contribution in [0.25, 0.3) is 0 Å². The molecule has 3 nitrogen and oxygen atoms in total. The van der Waals surface area contributed by atoms with Gasteiger partial charge in [-0.15, -0.1) is 24.0 Å². The molecule has 0 aliphatic carbocycles. The Kier molecular flexibility index (Phi) is 6.66. The van der Waals surface area contributed by atoms with Crippen molar-refractivity contribution in [1.82, 2.24) is 0 Å². The molecule has 2 aromatic carbocycles. The second-order valence-corrected chi connectivity index (χ2v) is 4.26. The molecule has 0 spiro atoms. The van der Waals surface area contributed by atoms with E-state index in [-0.39, 0.29) is 24.0 Å². The van der Waals surface area contributed by atoms with Gasteiger partial charge in [0.05, 0.1) is 6.54 Å². The minimum Gasteiger partial charge on any atom is -0.370 e. The molecule has 0 bridgehead atoms. The zero-order valence-corrected chi connectivity index (χ0v) is 13.3. The number of halogens is 2. The van der Waals surface area contributed by atoms with Gasteiger partial charge in [-0.2, -0.15) is 0 Å². The normalized spacial score (nSPS) is 10.7. The lowest BCUT2D eigenvalue weighted by Crippen LogP contribution is -2.22. The SMILES string of the molecule is I.NC(=NCc1cccc(Cl)c1)Nc1ccccc1. The Morgan fingerprint density at radius 1 is 1.11 bits per heavy atom. The van der Waals surface area contributed by atoms with Crippen LogP contribution in [0.4, 0.5) is 5.69 Å². The molecule has 0 heterocycles. The first-order valence-corrected chi connectivity index (χ1v) is 5.98. The van der Waals surface area contributed by atoms with Gasteiger partial charge < -0.3 is 11.1 Å². The highest BCUT2D eigenvalue weighted by Crippen LogP contribution is 2.11. The van der Waals surface area contributed by atoms with E-state index in [1.165, 1.54) is 0 Å². The second kappa shape index (κ2) is 8.01. The molecule has 0 amide bonds. The summed E-state index contributed by atoms with van der Waals surface area (Å²) in [5.74, 6) is 0.390. The second-order valence-electron chi connectivity index (χ2n) is 3.82. The number of nitrogens with zero attached hydrogens (tertiary/aromatic N) is 1. The van der Waals surface area contributed by atoms with Gasteiger partial charge in [-0.05, 0) is 29.8 Å². The number of hydrogen-bond acceptors (Lipinski definition) is 1. The van der Waals surface area contributed by atoms with Crippen LogP contribution in [0.5, 0.6) is 0 Å². The molecule has 100 valence electrons. The maximum Gasteiger partial charge on any atom is 0.193 e. The predicted molar refractivity (Wildman–Crippen MR) is 92.3 cm³/mol. The minimum atomic E-state index is 0. The number of para-hydroxylation sites is 1. The highest BCUT2D eigenvalue weighted by Gasteiger charge is 1.95. The van der Waals surface area contributed by atoms with E-state index in [2.05, 4.69) is 10.3 Å². The molecule has 0 fully saturated rings. The minimum absolute atomic E-state index is 0. The molecular weight excluding hydrogens is 373 g/mol. The number of benzene rings is 2. The van der Waals surface area contributed by atoms with Crippen molar-refractivity contribution in [3.63, 3.8) is 0 Å². The van der Waals surface area contributed by atoms with Crippen LogP contribution in [0.2, 0.25) is 5.02 Å². The largest absolute Gasteiger partial charge is 0.370 e. The average Bonchev–Trinajstić information content (AvgIpc) is 2.38. The van der Waals surface area contributed by atoms with Crippen LogP contribution in [0.15, 0.2) is 59.6 Å². The van der Waals surface area contributed by atoms with E-state index in [0.29, 0.717) is 17.5 Å². The van der Waals surface area contributed by atoms with E-state index in [4.69, 9.17) is 17.3 Å². The molecule has 0 atom stereocenters. The number of rotatable bonds is 3. The van der Waals surface area contributed by atoms with Crippen molar-refractivity contribution in [2.75, 3.05) is 5.32 Å². The third-order valence-electron chi connectivity index (χ3n) is 2.37. The molecule has 0 aliphatic rings. The van der Waals surface area contributed by atoms with E-state index in [9.17, 15) is 0 Å². The number of anilines is 1. The summed E-state index contributed by atoms with van der Waals surface area (Å²) in [6.45, 7) is 0.506. The molecule has 19 heavy (non-hydrogen) atoms. The van der Waals surface area contributed by atoms with Crippen molar-refractivity contribution >= 4 is 47.2 Å². The van der Waals surface area contributed by atoms with Gasteiger partial charge in [0.25, 0.3) is 0 Å². The monoisotopic (exact) mass is 387 g/mol. The van der Waals surface area contributed by atoms with E-state index in [1.807, 2.05) is 54.6 Å². The van der Waals surface area contributed by atoms with Gasteiger partial charge in [0.15, 0.2) is 5.96 Å². The summed E-state index contributed by atoms with van der Waals surface area (Å²) in [6, 6.07) is 17.3. The average molecular weight is 388 g/mol. The van der Waals surface area contributed by atoms with Gasteiger partial charge in [-0.25, -0.2) is 4.99 Å². The molecule has 0 aromatic heterocycles. The highest BCUT2D eigenvalue weighted by atomic mass is 127. The molecular formula is C14H15ClIN3. The van der Waals surface area contributed by atoms with Crippen molar-refractivity contribution in [3.05, 3.63) is 65.2 Å². The lowest BCUT2D eigenvalue weighted by Gasteiger charge is -2.05. The van der Waals surface area contributed by atoms with Gasteiger partial charge in [0.1, 0.15) is 0 Å². The van der Waals surface area contributed by atoms with Crippen LogP contribution in [0.1, 0.15) is 5.56 Å². The molecule has 0 unspecified atom stereocenters. The number of aliphatic imine (C=N–C) groups is 1. The van der Waals surface area contributed by atoms with Crippen molar-refractivity contribution in [2.24, 2.45) is 10.7 Å². The topological polar surface area (TPSA) is 50.4 Å². The number of nitrogens with one attached hydrogen (secondary N) is 1. The van der Waals surface area contributed by atoms with E-state index in [0.717, 1.165) is 11.3 Å². The Morgan fingerprint density at radius 3 is 2.53 bits per heavy atom. The molecule has 0 radical (unpaired) electrons. The molecule has 0 saturated carbocycles. The Balaban J connectivity index is 0.00000180. The zero-order valence-electron chi connectivity index (χ0n) is 10.2. The van der Waals surface area contributed by atoms with E-state index >= 15 is 0 Å². The standard InChI is InChI=1S/C14H14ClN3.HI/c15-12-6-4-5-11(9-12)10-17-14(16)18-13-7-2-1-3-8-13;/h1-9H,10H2,(H3,16,17,18);1H. The molecule has 3 N–H and O–H groups in total. The summed E-state index contributed by atoms with van der Waals surface area (Å²) in [5.41, 5.74) is 7.75. The van der Waals surface area contributed by atoms with Crippen molar-refractivity contribution in [3.8, 4) is 0 Å². The first kappa shape index (κ1) is 15.8. The number of nitrogens with two attached hydrogens (primary N) is 1. The predicted octanol–water partition coefficient (Wildman–Crippen LogP) is 3.88. The maximum absolute atomic E-state index is 5.89. The van der Waals surface area contributed by atoms with Crippen LogP contribution >= 0.6 is 35.6 Å². The summed E-state index contributed by atoms with van der Waals surface area (Å²) in [5, 5.41) is 3.73. The Bertz CT molecular complexity index is 543. The van der Waals surface area contributed by atoms with Crippen LogP contribution in [-0.2, 0) is 6.54 Å². The third-order valence-corrected chi connectivity index (χ3v) is 2.60. The van der Waals surface area contributed by atoms with Crippen molar-refractivity contribution in [1.29, 1.82) is 0 Å². The third kappa shape index (κ3) is 5.48. The van der Waals surface area contributed by atoms with Gasteiger partial charge in [0, 0.05) is 10.7 Å². The maximum atomic E-state index is 5.89. The fourth-order valence-electron chi connectivity index (χ4n) is 1.52. The molecule has 0 aliphatic heterocycles. The van der Waals surface area contributed by atoms with Gasteiger partial charge in [-0.3, -0.25) is 0 Å². The van der Waals surface area contributed by atoms with Crippen LogP contribution < -0.4 is 11.1 Å². The quantitative estimate of drug-likeness (QED) is 0.477. The smallest absolute Gasteiger partial charge is 0.193 e. The number of hydrogen-bond donors (Lipinski definition) is 2. The Labute approximate surface area is 134 Å².